The van der Waals surface area contributed by atoms with E-state index in [9.17, 15) is 4.39 Å². The quantitative estimate of drug-likeness (QED) is 0.423. The van der Waals surface area contributed by atoms with Crippen LogP contribution in [0.5, 0.6) is 0 Å². The first-order valence-electron chi connectivity index (χ1n) is 5.44. The molecule has 2 aromatic carbocycles. The highest BCUT2D eigenvalue weighted by atomic mass is 79.9. The molecule has 0 amide bonds. The second-order valence-corrected chi connectivity index (χ2v) is 7.18. The van der Waals surface area contributed by atoms with Gasteiger partial charge in [-0.15, -0.1) is 0 Å². The minimum absolute atomic E-state index is 0.105. The maximum absolute atomic E-state index is 13.1. The van der Waals surface area contributed by atoms with Crippen LogP contribution in [0.25, 0.3) is 0 Å². The van der Waals surface area contributed by atoms with Gasteiger partial charge in [-0.2, -0.15) is 0 Å². The molecule has 1 unspecified atom stereocenters. The number of alkyl halides is 1. The van der Waals surface area contributed by atoms with Crippen molar-refractivity contribution < 1.29 is 4.39 Å². The fraction of sp³-hybridized carbons (Fsp3) is 0.143. The lowest BCUT2D eigenvalue weighted by Crippen LogP contribution is -1.97. The molecule has 0 saturated carbocycles. The second kappa shape index (κ2) is 6.25. The van der Waals surface area contributed by atoms with Gasteiger partial charge in [-0.25, -0.2) is 4.39 Å². The molecule has 100 valence electrons. The van der Waals surface area contributed by atoms with Gasteiger partial charge in [0.25, 0.3) is 0 Å². The van der Waals surface area contributed by atoms with Crippen molar-refractivity contribution in [1.29, 1.82) is 0 Å². The molecule has 0 radical (unpaired) electrons. The van der Waals surface area contributed by atoms with E-state index in [4.69, 9.17) is 11.6 Å². The predicted octanol–water partition coefficient (Wildman–Crippen LogP) is 6.80. The SMILES string of the molecule is Cc1cc(Br)c(C(Br)c2ccc(F)cc2Cl)cc1Br. The van der Waals surface area contributed by atoms with E-state index in [2.05, 4.69) is 47.8 Å². The van der Waals surface area contributed by atoms with Gasteiger partial charge in [0.2, 0.25) is 0 Å². The van der Waals surface area contributed by atoms with E-state index in [1.165, 1.54) is 12.1 Å². The molecule has 0 spiro atoms. The molecule has 0 saturated heterocycles. The number of hydrogen-bond acceptors (Lipinski definition) is 0. The Morgan fingerprint density at radius 1 is 1.05 bits per heavy atom. The predicted molar refractivity (Wildman–Crippen MR) is 88.8 cm³/mol. The average molecular weight is 471 g/mol. The first-order chi connectivity index (χ1) is 8.90. The summed E-state index contributed by atoms with van der Waals surface area (Å²) in [6.45, 7) is 2.02. The van der Waals surface area contributed by atoms with Crippen LogP contribution >= 0.6 is 59.4 Å². The van der Waals surface area contributed by atoms with Crippen molar-refractivity contribution in [2.45, 2.75) is 11.8 Å². The van der Waals surface area contributed by atoms with Gasteiger partial charge < -0.3 is 0 Å². The fourth-order valence-electron chi connectivity index (χ4n) is 1.73. The normalized spacial score (nSPS) is 12.5. The van der Waals surface area contributed by atoms with Gasteiger partial charge in [0.05, 0.1) is 4.83 Å². The maximum atomic E-state index is 13.1. The number of aryl methyl sites for hydroxylation is 1. The van der Waals surface area contributed by atoms with Crippen LogP contribution in [-0.2, 0) is 0 Å². The van der Waals surface area contributed by atoms with Crippen LogP contribution in [-0.4, -0.2) is 0 Å². The van der Waals surface area contributed by atoms with Crippen molar-refractivity contribution in [2.75, 3.05) is 0 Å². The zero-order chi connectivity index (χ0) is 14.2. The molecule has 0 N–H and O–H groups in total. The van der Waals surface area contributed by atoms with Gasteiger partial charge in [0.1, 0.15) is 5.82 Å². The second-order valence-electron chi connectivity index (χ2n) is 4.15. The summed E-state index contributed by atoms with van der Waals surface area (Å²) < 4.78 is 15.1. The smallest absolute Gasteiger partial charge is 0.124 e. The van der Waals surface area contributed by atoms with Crippen molar-refractivity contribution in [1.82, 2.24) is 0 Å². The van der Waals surface area contributed by atoms with E-state index >= 15 is 0 Å². The third kappa shape index (κ3) is 3.41. The van der Waals surface area contributed by atoms with Crippen LogP contribution in [0.15, 0.2) is 39.3 Å². The third-order valence-electron chi connectivity index (χ3n) is 2.79. The molecule has 0 aliphatic heterocycles. The molecule has 2 rings (SSSR count). The van der Waals surface area contributed by atoms with Crippen molar-refractivity contribution >= 4 is 59.4 Å². The number of hydrogen-bond donors (Lipinski definition) is 0. The fourth-order valence-corrected chi connectivity index (χ4v) is 4.27. The molecule has 0 fully saturated rings. The van der Waals surface area contributed by atoms with Crippen molar-refractivity contribution in [3.05, 3.63) is 66.8 Å². The van der Waals surface area contributed by atoms with E-state index < -0.39 is 0 Å². The lowest BCUT2D eigenvalue weighted by molar-refractivity contribution is 0.627. The van der Waals surface area contributed by atoms with Crippen LogP contribution < -0.4 is 0 Å². The lowest BCUT2D eigenvalue weighted by atomic mass is 10.0. The molecule has 5 heteroatoms. The molecule has 0 nitrogen and oxygen atoms in total. The first kappa shape index (κ1) is 15.5. The Hall–Kier alpha value is 0.1000. The Morgan fingerprint density at radius 2 is 1.74 bits per heavy atom. The van der Waals surface area contributed by atoms with E-state index in [1.54, 1.807) is 6.07 Å². The van der Waals surface area contributed by atoms with E-state index in [0.717, 1.165) is 25.6 Å². The lowest BCUT2D eigenvalue weighted by Gasteiger charge is -2.16. The minimum atomic E-state index is -0.336. The number of halogens is 5. The molecule has 2 aromatic rings. The van der Waals surface area contributed by atoms with E-state index in [1.807, 2.05) is 19.1 Å². The molecule has 19 heavy (non-hydrogen) atoms. The summed E-state index contributed by atoms with van der Waals surface area (Å²) in [6.07, 6.45) is 0. The molecule has 0 heterocycles. The maximum Gasteiger partial charge on any atom is 0.124 e. The van der Waals surface area contributed by atoms with Gasteiger partial charge in [-0.1, -0.05) is 65.5 Å². The third-order valence-corrected chi connectivity index (χ3v) is 5.64. The van der Waals surface area contributed by atoms with Crippen molar-refractivity contribution in [3.8, 4) is 0 Å². The molecule has 1 atom stereocenters. The molecule has 0 bridgehead atoms. The van der Waals surface area contributed by atoms with Gasteiger partial charge in [0.15, 0.2) is 0 Å². The number of benzene rings is 2. The van der Waals surface area contributed by atoms with Crippen molar-refractivity contribution in [2.24, 2.45) is 0 Å². The highest BCUT2D eigenvalue weighted by Crippen LogP contribution is 2.40. The van der Waals surface area contributed by atoms with E-state index in [0.29, 0.717) is 5.02 Å². The monoisotopic (exact) mass is 468 g/mol. The summed E-state index contributed by atoms with van der Waals surface area (Å²) >= 11 is 16.8. The van der Waals surface area contributed by atoms with Crippen LogP contribution in [0, 0.1) is 12.7 Å². The summed E-state index contributed by atoms with van der Waals surface area (Å²) in [5.41, 5.74) is 3.01. The largest absolute Gasteiger partial charge is 0.207 e. The average Bonchev–Trinajstić information content (AvgIpc) is 2.33. The first-order valence-corrected chi connectivity index (χ1v) is 8.32. The van der Waals surface area contributed by atoms with E-state index in [-0.39, 0.29) is 10.6 Å². The van der Waals surface area contributed by atoms with Gasteiger partial charge in [-0.3, -0.25) is 0 Å². The molecule has 0 aromatic heterocycles. The zero-order valence-corrected chi connectivity index (χ0v) is 15.4. The van der Waals surface area contributed by atoms with Gasteiger partial charge >= 0.3 is 0 Å². The van der Waals surface area contributed by atoms with Gasteiger partial charge in [0, 0.05) is 14.0 Å². The Balaban J connectivity index is 2.49. The van der Waals surface area contributed by atoms with Crippen LogP contribution in [0.3, 0.4) is 0 Å². The Bertz CT molecular complexity index is 628. The molecular formula is C14H9Br3ClF. The number of rotatable bonds is 2. The summed E-state index contributed by atoms with van der Waals surface area (Å²) in [5.74, 6) is -0.336. The summed E-state index contributed by atoms with van der Waals surface area (Å²) in [4.78, 5) is -0.105. The van der Waals surface area contributed by atoms with Crippen LogP contribution in [0.4, 0.5) is 4.39 Å². The minimum Gasteiger partial charge on any atom is -0.207 e. The molecule has 0 aliphatic carbocycles. The topological polar surface area (TPSA) is 0 Å². The molecule has 0 aliphatic rings. The highest BCUT2D eigenvalue weighted by molar-refractivity contribution is 9.11. The Labute approximate surface area is 141 Å². The summed E-state index contributed by atoms with van der Waals surface area (Å²) in [6, 6.07) is 8.48. The van der Waals surface area contributed by atoms with Crippen LogP contribution in [0.1, 0.15) is 21.5 Å². The summed E-state index contributed by atoms with van der Waals surface area (Å²) in [7, 11) is 0. The van der Waals surface area contributed by atoms with Gasteiger partial charge in [-0.05, 0) is 47.9 Å². The summed E-state index contributed by atoms with van der Waals surface area (Å²) in [5, 5.41) is 0.408. The van der Waals surface area contributed by atoms with Crippen LogP contribution in [0.2, 0.25) is 5.02 Å². The molecular weight excluding hydrogens is 462 g/mol. The highest BCUT2D eigenvalue weighted by Gasteiger charge is 2.18. The standard InChI is InChI=1S/C14H9Br3ClF/c1-7-4-12(16)10(6-11(7)15)14(17)9-3-2-8(19)5-13(9)18/h2-6,14H,1H3. The zero-order valence-electron chi connectivity index (χ0n) is 9.85. The Kier molecular flexibility index (Phi) is 5.09. The van der Waals surface area contributed by atoms with Crippen molar-refractivity contribution in [3.63, 3.8) is 0 Å². The Morgan fingerprint density at radius 3 is 2.37 bits per heavy atom.